The largest absolute Gasteiger partial charge is 0.469 e. The van der Waals surface area contributed by atoms with Gasteiger partial charge in [0.25, 0.3) is 5.91 Å². The highest BCUT2D eigenvalue weighted by Gasteiger charge is 2.11. The van der Waals surface area contributed by atoms with Gasteiger partial charge < -0.3 is 14.3 Å². The predicted octanol–water partition coefficient (Wildman–Crippen LogP) is 2.83. The van der Waals surface area contributed by atoms with Gasteiger partial charge in [0.05, 0.1) is 24.7 Å². The van der Waals surface area contributed by atoms with Crippen molar-refractivity contribution < 1.29 is 9.21 Å². The van der Waals surface area contributed by atoms with E-state index in [1.54, 1.807) is 31.1 Å². The van der Waals surface area contributed by atoms with Crippen LogP contribution in [0.5, 0.6) is 0 Å². The number of aryl methyl sites for hydroxylation is 1. The van der Waals surface area contributed by atoms with E-state index < -0.39 is 0 Å². The molecule has 4 aromatic rings. The van der Waals surface area contributed by atoms with Crippen molar-refractivity contribution in [1.82, 2.24) is 24.8 Å². The smallest absolute Gasteiger partial charge is 0.252 e. The maximum absolute atomic E-state index is 12.3. The number of imidazole rings is 1. The first-order valence-electron chi connectivity index (χ1n) is 8.80. The van der Waals surface area contributed by atoms with Crippen molar-refractivity contribution in [1.29, 1.82) is 0 Å². The zero-order valence-corrected chi connectivity index (χ0v) is 14.7. The summed E-state index contributed by atoms with van der Waals surface area (Å²) in [5.74, 6) is 0.775. The molecule has 0 saturated carbocycles. The number of amides is 1. The standard InChI is InChI=1S/C20H19N5O2/c26-20(22-8-2-5-17-6-3-9-27-17)16-10-18-19(23-12-16)25(14-24-18)13-15-4-1-7-21-11-15/h1,3-4,6-7,9-12,14H,2,5,8,13H2,(H,22,26). The summed E-state index contributed by atoms with van der Waals surface area (Å²) in [5, 5.41) is 2.91. The molecule has 0 aliphatic rings. The van der Waals surface area contributed by atoms with Crippen molar-refractivity contribution in [2.75, 3.05) is 6.54 Å². The average molecular weight is 361 g/mol. The first kappa shape index (κ1) is 17.0. The lowest BCUT2D eigenvalue weighted by Crippen LogP contribution is -2.24. The molecule has 0 saturated heterocycles. The zero-order valence-electron chi connectivity index (χ0n) is 14.7. The zero-order chi connectivity index (χ0) is 18.5. The Morgan fingerprint density at radius 1 is 1.19 bits per heavy atom. The van der Waals surface area contributed by atoms with E-state index in [9.17, 15) is 4.79 Å². The van der Waals surface area contributed by atoms with E-state index in [2.05, 4.69) is 20.3 Å². The Bertz CT molecular complexity index is 1030. The molecule has 0 bridgehead atoms. The van der Waals surface area contributed by atoms with Crippen molar-refractivity contribution in [3.8, 4) is 0 Å². The van der Waals surface area contributed by atoms with Crippen LogP contribution >= 0.6 is 0 Å². The van der Waals surface area contributed by atoms with E-state index in [1.807, 2.05) is 35.0 Å². The minimum absolute atomic E-state index is 0.148. The predicted molar refractivity (Wildman–Crippen MR) is 100 cm³/mol. The number of fused-ring (bicyclic) bond motifs is 1. The number of nitrogens with one attached hydrogen (secondary N) is 1. The lowest BCUT2D eigenvalue weighted by atomic mass is 10.2. The third-order valence-electron chi connectivity index (χ3n) is 4.26. The highest BCUT2D eigenvalue weighted by Crippen LogP contribution is 2.14. The van der Waals surface area contributed by atoms with Crippen LogP contribution in [0.25, 0.3) is 11.2 Å². The molecule has 0 aromatic carbocycles. The Morgan fingerprint density at radius 2 is 2.15 bits per heavy atom. The molecule has 4 aromatic heterocycles. The molecule has 136 valence electrons. The SMILES string of the molecule is O=C(NCCCc1ccco1)c1cnc2c(c1)ncn2Cc1cccnc1. The number of nitrogens with zero attached hydrogens (tertiary/aromatic N) is 4. The fraction of sp³-hybridized carbons (Fsp3) is 0.200. The molecule has 0 aliphatic heterocycles. The van der Waals surface area contributed by atoms with E-state index >= 15 is 0 Å². The van der Waals surface area contributed by atoms with Gasteiger partial charge in [0, 0.05) is 31.6 Å². The topological polar surface area (TPSA) is 85.8 Å². The van der Waals surface area contributed by atoms with Gasteiger partial charge in [-0.25, -0.2) is 9.97 Å². The van der Waals surface area contributed by atoms with Crippen LogP contribution in [0.15, 0.2) is 65.9 Å². The second-order valence-electron chi connectivity index (χ2n) is 6.24. The molecule has 1 amide bonds. The molecule has 0 spiro atoms. The quantitative estimate of drug-likeness (QED) is 0.512. The summed E-state index contributed by atoms with van der Waals surface area (Å²) in [6.07, 6.45) is 10.1. The Kier molecular flexibility index (Phi) is 4.91. The van der Waals surface area contributed by atoms with Crippen molar-refractivity contribution >= 4 is 17.1 Å². The molecule has 27 heavy (non-hydrogen) atoms. The van der Waals surface area contributed by atoms with E-state index in [0.29, 0.717) is 24.2 Å². The average Bonchev–Trinajstić information content (AvgIpc) is 3.36. The summed E-state index contributed by atoms with van der Waals surface area (Å²) in [4.78, 5) is 25.3. The van der Waals surface area contributed by atoms with Crippen LogP contribution in [0, 0.1) is 0 Å². The molecule has 0 atom stereocenters. The molecule has 0 fully saturated rings. The summed E-state index contributed by atoms with van der Waals surface area (Å²) >= 11 is 0. The Morgan fingerprint density at radius 3 is 2.96 bits per heavy atom. The molecule has 4 heterocycles. The molecule has 0 aliphatic carbocycles. The molecule has 4 rings (SSSR count). The normalized spacial score (nSPS) is 11.0. The minimum atomic E-state index is -0.148. The lowest BCUT2D eigenvalue weighted by molar-refractivity contribution is 0.0953. The van der Waals surface area contributed by atoms with E-state index in [1.165, 1.54) is 0 Å². The fourth-order valence-electron chi connectivity index (χ4n) is 2.90. The van der Waals surface area contributed by atoms with Gasteiger partial charge in [0.1, 0.15) is 11.3 Å². The number of furan rings is 1. The van der Waals surface area contributed by atoms with Gasteiger partial charge in [-0.2, -0.15) is 0 Å². The second kappa shape index (κ2) is 7.82. The van der Waals surface area contributed by atoms with Crippen LogP contribution in [0.4, 0.5) is 0 Å². The van der Waals surface area contributed by atoms with Crippen LogP contribution in [0.2, 0.25) is 0 Å². The molecular weight excluding hydrogens is 342 g/mol. The molecular formula is C20H19N5O2. The maximum atomic E-state index is 12.3. The van der Waals surface area contributed by atoms with Crippen LogP contribution < -0.4 is 5.32 Å². The summed E-state index contributed by atoms with van der Waals surface area (Å²) < 4.78 is 7.22. The maximum Gasteiger partial charge on any atom is 0.252 e. The lowest BCUT2D eigenvalue weighted by Gasteiger charge is -2.06. The molecule has 0 radical (unpaired) electrons. The van der Waals surface area contributed by atoms with Gasteiger partial charge in [0.2, 0.25) is 0 Å². The Balaban J connectivity index is 1.38. The first-order chi connectivity index (χ1) is 13.3. The first-order valence-corrected chi connectivity index (χ1v) is 8.80. The monoisotopic (exact) mass is 361 g/mol. The molecule has 7 heteroatoms. The van der Waals surface area contributed by atoms with Gasteiger partial charge in [0.15, 0.2) is 5.65 Å². The van der Waals surface area contributed by atoms with Gasteiger partial charge in [-0.1, -0.05) is 6.07 Å². The highest BCUT2D eigenvalue weighted by atomic mass is 16.3. The number of pyridine rings is 2. The molecule has 1 N–H and O–H groups in total. The Labute approximate surface area is 156 Å². The van der Waals surface area contributed by atoms with Crippen molar-refractivity contribution in [2.24, 2.45) is 0 Å². The molecule has 7 nitrogen and oxygen atoms in total. The number of carbonyl (C=O) groups excluding carboxylic acids is 1. The van der Waals surface area contributed by atoms with Crippen molar-refractivity contribution in [2.45, 2.75) is 19.4 Å². The fourth-order valence-corrected chi connectivity index (χ4v) is 2.90. The highest BCUT2D eigenvalue weighted by molar-refractivity contribution is 5.96. The van der Waals surface area contributed by atoms with Gasteiger partial charge >= 0.3 is 0 Å². The van der Waals surface area contributed by atoms with Gasteiger partial charge in [-0.15, -0.1) is 0 Å². The third-order valence-corrected chi connectivity index (χ3v) is 4.26. The van der Waals surface area contributed by atoms with Crippen molar-refractivity contribution in [3.63, 3.8) is 0 Å². The Hall–Kier alpha value is -3.48. The van der Waals surface area contributed by atoms with E-state index in [0.717, 1.165) is 29.8 Å². The van der Waals surface area contributed by atoms with Crippen molar-refractivity contribution in [3.05, 3.63) is 78.4 Å². The summed E-state index contributed by atoms with van der Waals surface area (Å²) in [6.45, 7) is 1.21. The van der Waals surface area contributed by atoms with Crippen LogP contribution in [-0.2, 0) is 13.0 Å². The van der Waals surface area contributed by atoms with Crippen LogP contribution in [0.1, 0.15) is 28.1 Å². The third kappa shape index (κ3) is 4.03. The van der Waals surface area contributed by atoms with Gasteiger partial charge in [-0.05, 0) is 36.2 Å². The summed E-state index contributed by atoms with van der Waals surface area (Å²) in [5.41, 5.74) is 3.01. The number of aromatic nitrogens is 4. The van der Waals surface area contributed by atoms with E-state index in [-0.39, 0.29) is 5.91 Å². The van der Waals surface area contributed by atoms with Crippen LogP contribution in [-0.4, -0.2) is 32.0 Å². The van der Waals surface area contributed by atoms with E-state index in [4.69, 9.17) is 4.42 Å². The summed E-state index contributed by atoms with van der Waals surface area (Å²) in [6, 6.07) is 9.47. The number of rotatable bonds is 7. The van der Waals surface area contributed by atoms with Gasteiger partial charge in [-0.3, -0.25) is 9.78 Å². The summed E-state index contributed by atoms with van der Waals surface area (Å²) in [7, 11) is 0. The minimum Gasteiger partial charge on any atom is -0.469 e. The number of hydrogen-bond donors (Lipinski definition) is 1. The number of hydrogen-bond acceptors (Lipinski definition) is 5. The number of carbonyl (C=O) groups is 1. The van der Waals surface area contributed by atoms with Crippen LogP contribution in [0.3, 0.4) is 0 Å². The second-order valence-corrected chi connectivity index (χ2v) is 6.24. The molecule has 0 unspecified atom stereocenters.